The van der Waals surface area contributed by atoms with Crippen molar-refractivity contribution in [2.75, 3.05) is 33.2 Å². The summed E-state index contributed by atoms with van der Waals surface area (Å²) in [6.07, 6.45) is 0.247. The molecule has 0 bridgehead atoms. The summed E-state index contributed by atoms with van der Waals surface area (Å²) in [6.45, 7) is 1.52. The highest BCUT2D eigenvalue weighted by molar-refractivity contribution is 8.00. The molecule has 1 heterocycles. The zero-order valence-corrected chi connectivity index (χ0v) is 9.30. The molecule has 1 rings (SSSR count). The molecule has 1 aliphatic rings. The number of hydrogen-bond donors (Lipinski definition) is 0. The maximum absolute atomic E-state index is 5.51. The molecule has 3 atom stereocenters. The predicted molar refractivity (Wildman–Crippen MR) is 57.2 cm³/mol. The van der Waals surface area contributed by atoms with E-state index in [1.54, 1.807) is 14.2 Å². The highest BCUT2D eigenvalue weighted by Crippen LogP contribution is 2.26. The molecule has 5 heteroatoms. The van der Waals surface area contributed by atoms with Crippen LogP contribution in [-0.4, -0.2) is 58.4 Å². The van der Waals surface area contributed by atoms with Crippen molar-refractivity contribution in [1.29, 1.82) is 0 Å². The maximum atomic E-state index is 5.51. The lowest BCUT2D eigenvalue weighted by molar-refractivity contribution is 0.0797. The molecule has 0 aliphatic carbocycles. The van der Waals surface area contributed by atoms with Crippen LogP contribution in [0.15, 0.2) is 0 Å². The van der Waals surface area contributed by atoms with Gasteiger partial charge in [-0.25, -0.2) is 0 Å². The minimum Gasteiger partial charge on any atom is -0.384 e. The quantitative estimate of drug-likeness (QED) is 0.455. The van der Waals surface area contributed by atoms with Gasteiger partial charge in [0.05, 0.1) is 24.6 Å². The van der Waals surface area contributed by atoms with Crippen LogP contribution in [-0.2, 0) is 14.2 Å². The van der Waals surface area contributed by atoms with Gasteiger partial charge in [-0.05, 0) is 0 Å². The van der Waals surface area contributed by atoms with E-state index < -0.39 is 0 Å². The molecule has 0 saturated carbocycles. The lowest BCUT2D eigenvalue weighted by Crippen LogP contribution is -2.29. The number of hydrogen-bond acceptors (Lipinski definition) is 4. The first-order valence-corrected chi connectivity index (χ1v) is 5.59. The van der Waals surface area contributed by atoms with Crippen LogP contribution in [0.2, 0.25) is 0 Å². The van der Waals surface area contributed by atoms with E-state index in [1.165, 1.54) is 0 Å². The summed E-state index contributed by atoms with van der Waals surface area (Å²) in [5.74, 6) is 1.01. The second-order valence-electron chi connectivity index (χ2n) is 3.14. The van der Waals surface area contributed by atoms with Gasteiger partial charge in [0, 0.05) is 26.0 Å². The van der Waals surface area contributed by atoms with Gasteiger partial charge >= 0.3 is 0 Å². The van der Waals surface area contributed by atoms with E-state index in [1.807, 2.05) is 11.8 Å². The molecule has 0 aromatic heterocycles. The average molecular weight is 204 g/mol. The second-order valence-corrected chi connectivity index (χ2v) is 4.43. The summed E-state index contributed by atoms with van der Waals surface area (Å²) in [7, 11) is 5.57. The van der Waals surface area contributed by atoms with Gasteiger partial charge < -0.3 is 14.2 Å². The first-order chi connectivity index (χ1) is 6.29. The van der Waals surface area contributed by atoms with Crippen molar-refractivity contribution in [3.8, 4) is 0 Å². The number of rotatable bonds is 5. The van der Waals surface area contributed by atoms with Crippen LogP contribution in [0.5, 0.6) is 0 Å². The van der Waals surface area contributed by atoms with E-state index in [0.29, 0.717) is 11.3 Å². The van der Waals surface area contributed by atoms with Crippen LogP contribution < -0.4 is 0 Å². The Morgan fingerprint density at radius 1 is 1.54 bits per heavy atom. The highest BCUT2D eigenvalue weighted by atomic mass is 32.2. The normalized spacial score (nSPS) is 33.8. The fourth-order valence-electron chi connectivity index (χ4n) is 1.45. The first-order valence-electron chi connectivity index (χ1n) is 4.54. The van der Waals surface area contributed by atoms with Crippen LogP contribution in [0.1, 0.15) is 0 Å². The van der Waals surface area contributed by atoms with Gasteiger partial charge in [-0.3, -0.25) is 0 Å². The zero-order valence-electron chi connectivity index (χ0n) is 8.49. The summed E-state index contributed by atoms with van der Waals surface area (Å²) in [5.41, 5.74) is 0. The third kappa shape index (κ3) is 3.16. The topological polar surface area (TPSA) is 27.7 Å². The standard InChI is InChI=1S/C8H17BO3S/c1-10-3-4-13-7-6(11-2)5-12-8(7)9/h6-8H,3-5,9H2,1-2H3/t6?,7-,8-/m1/s1. The van der Waals surface area contributed by atoms with Gasteiger partial charge in [-0.15, -0.1) is 0 Å². The van der Waals surface area contributed by atoms with Crippen LogP contribution in [0.3, 0.4) is 0 Å². The molecular weight excluding hydrogens is 187 g/mol. The Kier molecular flexibility index (Phi) is 5.17. The van der Waals surface area contributed by atoms with Gasteiger partial charge in [-0.2, -0.15) is 11.8 Å². The minimum absolute atomic E-state index is 0.247. The molecular formula is C8H17BO3S. The molecule has 0 aromatic carbocycles. The molecule has 1 aliphatic heterocycles. The lowest BCUT2D eigenvalue weighted by atomic mass is 9.96. The van der Waals surface area contributed by atoms with Crippen molar-refractivity contribution in [3.63, 3.8) is 0 Å². The number of thioether (sulfide) groups is 1. The fourth-order valence-corrected chi connectivity index (χ4v) is 2.74. The van der Waals surface area contributed by atoms with E-state index in [-0.39, 0.29) is 6.10 Å². The maximum Gasteiger partial charge on any atom is 0.140 e. The number of methoxy groups -OCH3 is 2. The molecule has 0 N–H and O–H groups in total. The Bertz CT molecular complexity index is 147. The Balaban J connectivity index is 2.27. The first kappa shape index (κ1) is 11.4. The largest absolute Gasteiger partial charge is 0.384 e. The summed E-state index contributed by atoms with van der Waals surface area (Å²) >= 11 is 1.87. The van der Waals surface area contributed by atoms with Crippen molar-refractivity contribution in [3.05, 3.63) is 0 Å². The monoisotopic (exact) mass is 204 g/mol. The Labute approximate surface area is 84.9 Å². The molecule has 1 saturated heterocycles. The summed E-state index contributed by atoms with van der Waals surface area (Å²) in [5, 5.41) is 0.458. The van der Waals surface area contributed by atoms with E-state index >= 15 is 0 Å². The Morgan fingerprint density at radius 3 is 2.92 bits per heavy atom. The van der Waals surface area contributed by atoms with Crippen molar-refractivity contribution in [2.24, 2.45) is 0 Å². The summed E-state index contributed by atoms with van der Waals surface area (Å²) in [6, 6.07) is 0.298. The Morgan fingerprint density at radius 2 is 2.31 bits per heavy atom. The van der Waals surface area contributed by atoms with Gasteiger partial charge in [0.25, 0.3) is 0 Å². The van der Waals surface area contributed by atoms with Crippen molar-refractivity contribution in [2.45, 2.75) is 17.4 Å². The van der Waals surface area contributed by atoms with Crippen LogP contribution in [0.25, 0.3) is 0 Å². The van der Waals surface area contributed by atoms with Crippen LogP contribution >= 0.6 is 11.8 Å². The van der Waals surface area contributed by atoms with E-state index in [2.05, 4.69) is 7.85 Å². The average Bonchev–Trinajstić information content (AvgIpc) is 2.48. The predicted octanol–water partition coefficient (Wildman–Crippen LogP) is -0.261. The third-order valence-corrected chi connectivity index (χ3v) is 3.73. The SMILES string of the molecule is B[C@@H]1OCC(OC)[C@H]1SCCOC. The van der Waals surface area contributed by atoms with Gasteiger partial charge in [0.15, 0.2) is 0 Å². The molecule has 0 amide bonds. The van der Waals surface area contributed by atoms with Gasteiger partial charge in [0.1, 0.15) is 7.85 Å². The molecule has 1 unspecified atom stereocenters. The molecule has 0 aromatic rings. The van der Waals surface area contributed by atoms with Gasteiger partial charge in [-0.1, -0.05) is 0 Å². The van der Waals surface area contributed by atoms with Gasteiger partial charge in [0.2, 0.25) is 0 Å². The molecule has 13 heavy (non-hydrogen) atoms. The van der Waals surface area contributed by atoms with Crippen molar-refractivity contribution >= 4 is 19.6 Å². The van der Waals surface area contributed by atoms with E-state index in [9.17, 15) is 0 Å². The van der Waals surface area contributed by atoms with E-state index in [0.717, 1.165) is 19.0 Å². The van der Waals surface area contributed by atoms with Crippen molar-refractivity contribution < 1.29 is 14.2 Å². The third-order valence-electron chi connectivity index (χ3n) is 2.25. The van der Waals surface area contributed by atoms with E-state index in [4.69, 9.17) is 14.2 Å². The van der Waals surface area contributed by atoms with Crippen molar-refractivity contribution in [1.82, 2.24) is 0 Å². The zero-order chi connectivity index (χ0) is 9.68. The molecule has 0 radical (unpaired) electrons. The molecule has 3 nitrogen and oxygen atoms in total. The Hall–Kier alpha value is 0.295. The van der Waals surface area contributed by atoms with Crippen LogP contribution in [0, 0.1) is 0 Å². The summed E-state index contributed by atoms with van der Waals surface area (Å²) < 4.78 is 15.9. The molecule has 0 spiro atoms. The lowest BCUT2D eigenvalue weighted by Gasteiger charge is -2.18. The highest BCUT2D eigenvalue weighted by Gasteiger charge is 2.34. The summed E-state index contributed by atoms with van der Waals surface area (Å²) in [4.78, 5) is 0. The molecule has 1 fully saturated rings. The fraction of sp³-hybridized carbons (Fsp3) is 1.00. The number of ether oxygens (including phenoxy) is 3. The van der Waals surface area contributed by atoms with Crippen LogP contribution in [0.4, 0.5) is 0 Å². The molecule has 76 valence electrons. The minimum atomic E-state index is 0.247. The second kappa shape index (κ2) is 5.91. The smallest absolute Gasteiger partial charge is 0.140 e.